The zero-order chi connectivity index (χ0) is 18.4. The number of nitrogens with zero attached hydrogens (tertiary/aromatic N) is 1. The smallest absolute Gasteiger partial charge is 0.337 e. The van der Waals surface area contributed by atoms with Gasteiger partial charge in [0.25, 0.3) is 5.91 Å². The summed E-state index contributed by atoms with van der Waals surface area (Å²) in [5.74, 6) is -0.0960. The average molecular weight is 406 g/mol. The van der Waals surface area contributed by atoms with Crippen LogP contribution >= 0.6 is 15.9 Å². The monoisotopic (exact) mass is 405 g/mol. The standard InChI is InChI=1S/C19H20BrNO4/c1-13(2)21(15-7-5-4-6-8-15)18(22)12-25-17-10-9-14(11-16(17)20)19(23)24-3/h4-11,13H,12H2,1-3H3. The molecule has 2 aromatic carbocycles. The van der Waals surface area contributed by atoms with Gasteiger partial charge in [0, 0.05) is 11.7 Å². The summed E-state index contributed by atoms with van der Waals surface area (Å²) in [6, 6.07) is 14.3. The molecule has 0 saturated heterocycles. The summed E-state index contributed by atoms with van der Waals surface area (Å²) in [7, 11) is 1.32. The van der Waals surface area contributed by atoms with Crippen LogP contribution < -0.4 is 9.64 Å². The summed E-state index contributed by atoms with van der Waals surface area (Å²) in [4.78, 5) is 25.8. The molecule has 5 nitrogen and oxygen atoms in total. The summed E-state index contributed by atoms with van der Waals surface area (Å²) in [5, 5.41) is 0. The van der Waals surface area contributed by atoms with Gasteiger partial charge in [-0.1, -0.05) is 18.2 Å². The Labute approximate surface area is 155 Å². The van der Waals surface area contributed by atoms with Crippen LogP contribution in [0.2, 0.25) is 0 Å². The van der Waals surface area contributed by atoms with Gasteiger partial charge in [0.2, 0.25) is 0 Å². The Morgan fingerprint density at radius 1 is 1.12 bits per heavy atom. The second-order valence-corrected chi connectivity index (χ2v) is 6.47. The first-order chi connectivity index (χ1) is 11.9. The summed E-state index contributed by atoms with van der Waals surface area (Å²) < 4.78 is 10.9. The quantitative estimate of drug-likeness (QED) is 0.680. The first kappa shape index (κ1) is 19.0. The number of methoxy groups -OCH3 is 1. The first-order valence-electron chi connectivity index (χ1n) is 7.81. The Hall–Kier alpha value is -2.34. The van der Waals surface area contributed by atoms with E-state index in [1.807, 2.05) is 44.2 Å². The number of halogens is 1. The molecule has 0 heterocycles. The molecule has 0 atom stereocenters. The van der Waals surface area contributed by atoms with Crippen molar-refractivity contribution in [2.24, 2.45) is 0 Å². The highest BCUT2D eigenvalue weighted by Crippen LogP contribution is 2.26. The minimum absolute atomic E-state index is 0.00337. The maximum Gasteiger partial charge on any atom is 0.337 e. The van der Waals surface area contributed by atoms with Crippen molar-refractivity contribution in [3.8, 4) is 5.75 Å². The summed E-state index contributed by atoms with van der Waals surface area (Å²) >= 11 is 3.35. The fraction of sp³-hybridized carbons (Fsp3) is 0.263. The molecular weight excluding hydrogens is 386 g/mol. The number of para-hydroxylation sites is 1. The van der Waals surface area contributed by atoms with Crippen LogP contribution in [-0.4, -0.2) is 31.6 Å². The van der Waals surface area contributed by atoms with Gasteiger partial charge in [-0.3, -0.25) is 4.79 Å². The SMILES string of the molecule is COC(=O)c1ccc(OCC(=O)N(c2ccccc2)C(C)C)c(Br)c1. The van der Waals surface area contributed by atoms with Gasteiger partial charge < -0.3 is 14.4 Å². The third-order valence-corrected chi connectivity index (χ3v) is 4.14. The molecule has 0 fully saturated rings. The van der Waals surface area contributed by atoms with Crippen LogP contribution in [-0.2, 0) is 9.53 Å². The van der Waals surface area contributed by atoms with Gasteiger partial charge >= 0.3 is 5.97 Å². The maximum absolute atomic E-state index is 12.6. The predicted octanol–water partition coefficient (Wildman–Crippen LogP) is 4.06. The van der Waals surface area contributed by atoms with Gasteiger partial charge in [0.05, 0.1) is 17.1 Å². The molecule has 1 amide bonds. The van der Waals surface area contributed by atoms with Crippen LogP contribution in [0, 0.1) is 0 Å². The molecule has 2 aromatic rings. The third kappa shape index (κ3) is 4.82. The zero-order valence-electron chi connectivity index (χ0n) is 14.4. The predicted molar refractivity (Wildman–Crippen MR) is 100 cm³/mol. The lowest BCUT2D eigenvalue weighted by atomic mass is 10.2. The fourth-order valence-electron chi connectivity index (χ4n) is 2.39. The van der Waals surface area contributed by atoms with E-state index >= 15 is 0 Å². The van der Waals surface area contributed by atoms with E-state index in [9.17, 15) is 9.59 Å². The molecule has 132 valence electrons. The number of esters is 1. The topological polar surface area (TPSA) is 55.8 Å². The minimum atomic E-state index is -0.432. The summed E-state index contributed by atoms with van der Waals surface area (Å²) in [6.07, 6.45) is 0. The van der Waals surface area contributed by atoms with Crippen molar-refractivity contribution in [1.82, 2.24) is 0 Å². The highest BCUT2D eigenvalue weighted by molar-refractivity contribution is 9.10. The first-order valence-corrected chi connectivity index (χ1v) is 8.61. The summed E-state index contributed by atoms with van der Waals surface area (Å²) in [6.45, 7) is 3.79. The largest absolute Gasteiger partial charge is 0.483 e. The summed E-state index contributed by atoms with van der Waals surface area (Å²) in [5.41, 5.74) is 1.23. The van der Waals surface area contributed by atoms with Crippen molar-refractivity contribution in [3.63, 3.8) is 0 Å². The van der Waals surface area contributed by atoms with Crippen LogP contribution in [0.5, 0.6) is 5.75 Å². The minimum Gasteiger partial charge on any atom is -0.483 e. The number of hydrogen-bond donors (Lipinski definition) is 0. The van der Waals surface area contributed by atoms with E-state index in [1.165, 1.54) is 7.11 Å². The van der Waals surface area contributed by atoms with Crippen molar-refractivity contribution in [2.45, 2.75) is 19.9 Å². The van der Waals surface area contributed by atoms with E-state index in [2.05, 4.69) is 20.7 Å². The van der Waals surface area contributed by atoms with Gasteiger partial charge in [-0.25, -0.2) is 4.79 Å². The fourth-order valence-corrected chi connectivity index (χ4v) is 2.88. The van der Waals surface area contributed by atoms with Crippen LogP contribution in [0.25, 0.3) is 0 Å². The Morgan fingerprint density at radius 3 is 2.36 bits per heavy atom. The molecule has 0 aliphatic carbocycles. The molecule has 0 aromatic heterocycles. The third-order valence-electron chi connectivity index (χ3n) is 3.52. The van der Waals surface area contributed by atoms with Crippen molar-refractivity contribution in [2.75, 3.05) is 18.6 Å². The van der Waals surface area contributed by atoms with E-state index in [1.54, 1.807) is 23.1 Å². The van der Waals surface area contributed by atoms with Crippen molar-refractivity contribution < 1.29 is 19.1 Å². The molecule has 25 heavy (non-hydrogen) atoms. The number of rotatable bonds is 6. The van der Waals surface area contributed by atoms with Crippen LogP contribution in [0.3, 0.4) is 0 Å². The molecule has 0 spiro atoms. The molecule has 2 rings (SSSR count). The van der Waals surface area contributed by atoms with Gasteiger partial charge in [-0.15, -0.1) is 0 Å². The lowest BCUT2D eigenvalue weighted by molar-refractivity contribution is -0.120. The molecule has 0 N–H and O–H groups in total. The highest BCUT2D eigenvalue weighted by atomic mass is 79.9. The Kier molecular flexibility index (Phi) is 6.58. The lowest BCUT2D eigenvalue weighted by Gasteiger charge is -2.27. The normalized spacial score (nSPS) is 10.4. The molecule has 0 aliphatic heterocycles. The van der Waals surface area contributed by atoms with Crippen LogP contribution in [0.4, 0.5) is 5.69 Å². The van der Waals surface area contributed by atoms with Gasteiger partial charge in [0.15, 0.2) is 6.61 Å². The number of hydrogen-bond acceptors (Lipinski definition) is 4. The average Bonchev–Trinajstić information content (AvgIpc) is 2.60. The molecular formula is C19H20BrNO4. The molecule has 0 bridgehead atoms. The Morgan fingerprint density at radius 2 is 1.80 bits per heavy atom. The second-order valence-electron chi connectivity index (χ2n) is 5.62. The van der Waals surface area contributed by atoms with Crippen LogP contribution in [0.15, 0.2) is 53.0 Å². The van der Waals surface area contributed by atoms with Crippen molar-refractivity contribution in [3.05, 3.63) is 58.6 Å². The molecule has 0 saturated carbocycles. The van der Waals surface area contributed by atoms with Crippen molar-refractivity contribution in [1.29, 1.82) is 0 Å². The molecule has 0 unspecified atom stereocenters. The number of carbonyl (C=O) groups is 2. The number of ether oxygens (including phenoxy) is 2. The number of benzene rings is 2. The zero-order valence-corrected chi connectivity index (χ0v) is 15.9. The van der Waals surface area contributed by atoms with Crippen molar-refractivity contribution >= 4 is 33.5 Å². The number of amides is 1. The highest BCUT2D eigenvalue weighted by Gasteiger charge is 2.20. The Balaban J connectivity index is 2.09. The van der Waals surface area contributed by atoms with E-state index in [0.29, 0.717) is 15.8 Å². The van der Waals surface area contributed by atoms with Gasteiger partial charge in [0.1, 0.15) is 5.75 Å². The molecule has 0 radical (unpaired) electrons. The molecule has 0 aliphatic rings. The van der Waals surface area contributed by atoms with E-state index in [-0.39, 0.29) is 18.6 Å². The van der Waals surface area contributed by atoms with Gasteiger partial charge in [-0.05, 0) is 60.1 Å². The Bertz CT molecular complexity index is 746. The van der Waals surface area contributed by atoms with E-state index < -0.39 is 5.97 Å². The number of anilines is 1. The lowest BCUT2D eigenvalue weighted by Crippen LogP contribution is -2.40. The number of carbonyl (C=O) groups excluding carboxylic acids is 2. The van der Waals surface area contributed by atoms with Crippen LogP contribution in [0.1, 0.15) is 24.2 Å². The maximum atomic E-state index is 12.6. The second kappa shape index (κ2) is 8.67. The van der Waals surface area contributed by atoms with E-state index in [4.69, 9.17) is 4.74 Å². The van der Waals surface area contributed by atoms with E-state index in [0.717, 1.165) is 5.69 Å². The molecule has 6 heteroatoms. The van der Waals surface area contributed by atoms with Gasteiger partial charge in [-0.2, -0.15) is 0 Å².